The first kappa shape index (κ1) is 22.2. The summed E-state index contributed by atoms with van der Waals surface area (Å²) in [6.45, 7) is 2.67. The maximum atomic E-state index is 11.7. The number of hydrogen-bond donors (Lipinski definition) is 1. The number of halogens is 1. The van der Waals surface area contributed by atoms with Crippen molar-refractivity contribution in [3.05, 3.63) is 110 Å². The van der Waals surface area contributed by atoms with Crippen LogP contribution in [-0.2, 0) is 19.4 Å². The molecule has 1 saturated carbocycles. The van der Waals surface area contributed by atoms with Gasteiger partial charge in [-0.25, -0.2) is 14.8 Å². The van der Waals surface area contributed by atoms with Crippen molar-refractivity contribution in [2.75, 3.05) is 0 Å². The molecule has 184 valence electrons. The molecule has 0 atom stereocenters. The zero-order valence-corrected chi connectivity index (χ0v) is 21.0. The molecule has 3 aromatic heterocycles. The quantitative estimate of drug-likeness (QED) is 0.332. The summed E-state index contributed by atoms with van der Waals surface area (Å²) < 4.78 is 7.05. The van der Waals surface area contributed by atoms with Crippen molar-refractivity contribution >= 4 is 33.9 Å². The Hall–Kier alpha value is -3.97. The minimum atomic E-state index is -0.555. The molecule has 2 aliphatic rings. The number of hydrogen-bond acceptors (Lipinski definition) is 5. The van der Waals surface area contributed by atoms with Gasteiger partial charge in [-0.1, -0.05) is 59.2 Å². The van der Waals surface area contributed by atoms with Gasteiger partial charge in [0.1, 0.15) is 11.3 Å². The van der Waals surface area contributed by atoms with Crippen LogP contribution in [0.15, 0.2) is 64.0 Å². The van der Waals surface area contributed by atoms with Crippen LogP contribution in [0.2, 0.25) is 5.02 Å². The van der Waals surface area contributed by atoms with Gasteiger partial charge in [0, 0.05) is 17.7 Å². The van der Waals surface area contributed by atoms with Gasteiger partial charge < -0.3 is 4.57 Å². The van der Waals surface area contributed by atoms with Crippen LogP contribution < -0.4 is 5.76 Å². The number of imidazole rings is 1. The van der Waals surface area contributed by atoms with Crippen molar-refractivity contribution in [2.45, 2.75) is 45.1 Å². The van der Waals surface area contributed by atoms with E-state index >= 15 is 0 Å². The SMILES string of the molecule is CC(=C1c2ccccc2CCc2cc(Cn3c(C4CC4)nc4c(Cl)ccnc43)ccc21)c1noc(=O)[nH]1. The predicted molar refractivity (Wildman–Crippen MR) is 143 cm³/mol. The Balaban J connectivity index is 1.36. The van der Waals surface area contributed by atoms with E-state index < -0.39 is 5.76 Å². The maximum absolute atomic E-state index is 11.7. The Kier molecular flexibility index (Phi) is 5.15. The Morgan fingerprint density at radius 1 is 1.11 bits per heavy atom. The Labute approximate surface area is 217 Å². The molecule has 1 N–H and O–H groups in total. The molecule has 0 aliphatic heterocycles. The lowest BCUT2D eigenvalue weighted by atomic mass is 9.89. The number of aromatic nitrogens is 5. The van der Waals surface area contributed by atoms with Crippen molar-refractivity contribution in [1.29, 1.82) is 0 Å². The summed E-state index contributed by atoms with van der Waals surface area (Å²) in [6, 6.07) is 16.9. The Morgan fingerprint density at radius 3 is 2.73 bits per heavy atom. The summed E-state index contributed by atoms with van der Waals surface area (Å²) in [6.07, 6.45) is 5.90. The summed E-state index contributed by atoms with van der Waals surface area (Å²) in [5.74, 6) is 1.44. The van der Waals surface area contributed by atoms with Gasteiger partial charge in [-0.15, -0.1) is 0 Å². The fourth-order valence-corrected chi connectivity index (χ4v) is 5.69. The lowest BCUT2D eigenvalue weighted by Gasteiger charge is -2.16. The Bertz CT molecular complexity index is 1770. The third kappa shape index (κ3) is 3.81. The highest BCUT2D eigenvalue weighted by Gasteiger charge is 2.31. The van der Waals surface area contributed by atoms with Crippen molar-refractivity contribution in [1.82, 2.24) is 24.7 Å². The van der Waals surface area contributed by atoms with E-state index in [-0.39, 0.29) is 0 Å². The molecule has 2 aromatic carbocycles. The van der Waals surface area contributed by atoms with E-state index in [0.717, 1.165) is 64.9 Å². The predicted octanol–water partition coefficient (Wildman–Crippen LogP) is 5.76. The molecule has 3 heterocycles. The third-order valence-electron chi connectivity index (χ3n) is 7.46. The largest absolute Gasteiger partial charge is 0.439 e. The van der Waals surface area contributed by atoms with Crippen molar-refractivity contribution < 1.29 is 4.52 Å². The molecule has 0 amide bonds. The van der Waals surface area contributed by atoms with Gasteiger partial charge in [0.05, 0.1) is 11.6 Å². The summed E-state index contributed by atoms with van der Waals surface area (Å²) in [5, 5.41) is 4.61. The molecular weight excluding hydrogens is 486 g/mol. The number of pyridine rings is 1. The second-order valence-corrected chi connectivity index (χ2v) is 10.3. The van der Waals surface area contributed by atoms with Crippen molar-refractivity contribution in [3.8, 4) is 0 Å². The van der Waals surface area contributed by atoms with Gasteiger partial charge in [-0.2, -0.15) is 0 Å². The zero-order chi connectivity index (χ0) is 25.1. The van der Waals surface area contributed by atoms with Crippen LogP contribution in [0.4, 0.5) is 0 Å². The second kappa shape index (κ2) is 8.56. The van der Waals surface area contributed by atoms with Crippen LogP contribution in [0, 0.1) is 0 Å². The van der Waals surface area contributed by atoms with E-state index in [1.54, 1.807) is 12.3 Å². The fraction of sp³-hybridized carbons (Fsp3) is 0.241. The molecule has 7 nitrogen and oxygen atoms in total. The van der Waals surface area contributed by atoms with Crippen molar-refractivity contribution in [2.24, 2.45) is 0 Å². The first-order valence-electron chi connectivity index (χ1n) is 12.5. The number of H-pyrrole nitrogens is 1. The average Bonchev–Trinajstić information content (AvgIpc) is 3.59. The minimum Gasteiger partial charge on any atom is -0.308 e. The molecule has 5 aromatic rings. The lowest BCUT2D eigenvalue weighted by Crippen LogP contribution is -2.06. The number of fused-ring (bicyclic) bond motifs is 3. The van der Waals surface area contributed by atoms with E-state index in [4.69, 9.17) is 21.1 Å². The summed E-state index contributed by atoms with van der Waals surface area (Å²) in [5.41, 5.74) is 9.60. The first-order chi connectivity index (χ1) is 18.1. The monoisotopic (exact) mass is 509 g/mol. The molecule has 8 heteroatoms. The topological polar surface area (TPSA) is 89.6 Å². The number of nitrogens with one attached hydrogen (secondary N) is 1. The average molecular weight is 510 g/mol. The number of rotatable bonds is 4. The molecule has 0 spiro atoms. The van der Waals surface area contributed by atoms with Crippen molar-refractivity contribution in [3.63, 3.8) is 0 Å². The smallest absolute Gasteiger partial charge is 0.308 e. The number of aromatic amines is 1. The second-order valence-electron chi connectivity index (χ2n) is 9.89. The van der Waals surface area contributed by atoms with E-state index in [1.807, 2.05) is 6.92 Å². The molecule has 0 saturated heterocycles. The summed E-state index contributed by atoms with van der Waals surface area (Å²) >= 11 is 6.47. The van der Waals surface area contributed by atoms with Crippen LogP contribution in [0.25, 0.3) is 22.3 Å². The molecule has 1 fully saturated rings. The molecule has 0 unspecified atom stereocenters. The minimum absolute atomic E-state index is 0.452. The lowest BCUT2D eigenvalue weighted by molar-refractivity contribution is 0.385. The highest BCUT2D eigenvalue weighted by atomic mass is 35.5. The number of nitrogens with zero attached hydrogens (tertiary/aromatic N) is 4. The van der Waals surface area contributed by atoms with Crippen LogP contribution in [0.3, 0.4) is 0 Å². The van der Waals surface area contributed by atoms with E-state index in [1.165, 1.54) is 16.7 Å². The third-order valence-corrected chi connectivity index (χ3v) is 7.76. The highest BCUT2D eigenvalue weighted by Crippen LogP contribution is 2.42. The summed E-state index contributed by atoms with van der Waals surface area (Å²) in [4.78, 5) is 23.9. The van der Waals surface area contributed by atoms with Crippen LogP contribution in [0.5, 0.6) is 0 Å². The molecule has 0 bridgehead atoms. The highest BCUT2D eigenvalue weighted by molar-refractivity contribution is 6.34. The molecule has 37 heavy (non-hydrogen) atoms. The maximum Gasteiger partial charge on any atom is 0.439 e. The zero-order valence-electron chi connectivity index (χ0n) is 20.3. The van der Waals surface area contributed by atoms with Crippen LogP contribution >= 0.6 is 11.6 Å². The normalized spacial score (nSPS) is 16.4. The fourth-order valence-electron chi connectivity index (χ4n) is 5.50. The van der Waals surface area contributed by atoms with Gasteiger partial charge in [-0.3, -0.25) is 9.51 Å². The number of aryl methyl sites for hydroxylation is 2. The van der Waals surface area contributed by atoms with Gasteiger partial charge in [0.2, 0.25) is 0 Å². The van der Waals surface area contributed by atoms with Gasteiger partial charge in [-0.05, 0) is 72.1 Å². The molecule has 7 rings (SSSR count). The number of benzene rings is 2. The van der Waals surface area contributed by atoms with E-state index in [9.17, 15) is 4.79 Å². The van der Waals surface area contributed by atoms with Gasteiger partial charge in [0.25, 0.3) is 0 Å². The Morgan fingerprint density at radius 2 is 1.92 bits per heavy atom. The van der Waals surface area contributed by atoms with Crippen LogP contribution in [0.1, 0.15) is 65.1 Å². The van der Waals surface area contributed by atoms with Crippen LogP contribution in [-0.4, -0.2) is 24.7 Å². The van der Waals surface area contributed by atoms with E-state index in [0.29, 0.717) is 23.3 Å². The molecular formula is C29H24ClN5O2. The summed E-state index contributed by atoms with van der Waals surface area (Å²) in [7, 11) is 0. The van der Waals surface area contributed by atoms with Gasteiger partial charge in [0.15, 0.2) is 11.5 Å². The standard InChI is InChI=1S/C29H24ClN5O2/c1-16(26-33-29(36)37-34-26)24-21-5-3-2-4-18(21)7-10-20-14-17(6-11-22(20)24)15-35-27(19-8-9-19)32-25-23(30)12-13-31-28(25)35/h2-6,11-14,19H,7-10,15H2,1H3,(H,33,34,36). The van der Waals surface area contributed by atoms with E-state index in [2.05, 4.69) is 62.2 Å². The van der Waals surface area contributed by atoms with Gasteiger partial charge >= 0.3 is 5.76 Å². The molecule has 0 radical (unpaired) electrons. The number of allylic oxidation sites excluding steroid dienone is 1. The molecule has 2 aliphatic carbocycles. The first-order valence-corrected chi connectivity index (χ1v) is 12.9.